The van der Waals surface area contributed by atoms with Gasteiger partial charge in [0.15, 0.2) is 5.96 Å². The first-order chi connectivity index (χ1) is 11.9. The van der Waals surface area contributed by atoms with Crippen molar-refractivity contribution in [3.8, 4) is 5.75 Å². The number of aromatic nitrogens is 1. The molecule has 0 bridgehead atoms. The summed E-state index contributed by atoms with van der Waals surface area (Å²) in [4.78, 5) is 8.70. The van der Waals surface area contributed by atoms with E-state index in [1.807, 2.05) is 42.6 Å². The molecule has 1 aromatic heterocycles. The van der Waals surface area contributed by atoms with Gasteiger partial charge in [0.2, 0.25) is 0 Å². The molecule has 0 saturated heterocycles. The second-order valence-corrected chi connectivity index (χ2v) is 5.31. The van der Waals surface area contributed by atoms with Crippen LogP contribution >= 0.6 is 0 Å². The summed E-state index contributed by atoms with van der Waals surface area (Å²) in [5, 5.41) is 6.61. The molecule has 0 spiro atoms. The lowest BCUT2D eigenvalue weighted by molar-refractivity contribution is 0.313. The Kier molecular flexibility index (Phi) is 8.19. The number of aliphatic imine (C=N–C) groups is 1. The van der Waals surface area contributed by atoms with E-state index in [9.17, 15) is 0 Å². The summed E-state index contributed by atoms with van der Waals surface area (Å²) in [6.45, 7) is 5.14. The minimum Gasteiger partial charge on any atom is -0.494 e. The highest BCUT2D eigenvalue weighted by Gasteiger charge is 1.98. The first-order valence-electron chi connectivity index (χ1n) is 8.47. The molecule has 5 nitrogen and oxygen atoms in total. The lowest BCUT2D eigenvalue weighted by atomic mass is 10.2. The van der Waals surface area contributed by atoms with Crippen molar-refractivity contribution in [2.45, 2.75) is 19.8 Å². The lowest BCUT2D eigenvalue weighted by Crippen LogP contribution is -2.38. The van der Waals surface area contributed by atoms with Crippen LogP contribution < -0.4 is 15.4 Å². The van der Waals surface area contributed by atoms with E-state index < -0.39 is 0 Å². The molecular formula is C19H26N4O. The van der Waals surface area contributed by atoms with Crippen molar-refractivity contribution in [1.29, 1.82) is 0 Å². The maximum atomic E-state index is 5.67. The fourth-order valence-electron chi connectivity index (χ4n) is 2.18. The summed E-state index contributed by atoms with van der Waals surface area (Å²) in [5.74, 6) is 1.75. The minimum absolute atomic E-state index is 0.669. The Balaban J connectivity index is 1.66. The number of guanidine groups is 1. The van der Waals surface area contributed by atoms with Crippen LogP contribution in [-0.4, -0.2) is 37.2 Å². The van der Waals surface area contributed by atoms with Gasteiger partial charge >= 0.3 is 0 Å². The monoisotopic (exact) mass is 326 g/mol. The largest absolute Gasteiger partial charge is 0.494 e. The number of pyridine rings is 1. The van der Waals surface area contributed by atoms with Crippen LogP contribution in [0.5, 0.6) is 5.75 Å². The molecule has 2 aromatic rings. The Hall–Kier alpha value is -2.56. The fraction of sp³-hybridized carbons (Fsp3) is 0.368. The Morgan fingerprint density at radius 1 is 1.12 bits per heavy atom. The maximum Gasteiger partial charge on any atom is 0.191 e. The van der Waals surface area contributed by atoms with E-state index >= 15 is 0 Å². The van der Waals surface area contributed by atoms with Gasteiger partial charge in [-0.3, -0.25) is 9.98 Å². The van der Waals surface area contributed by atoms with Gasteiger partial charge in [0.1, 0.15) is 5.75 Å². The molecule has 1 aromatic carbocycles. The Bertz CT molecular complexity index is 587. The Labute approximate surface area is 144 Å². The van der Waals surface area contributed by atoms with Gasteiger partial charge in [0.25, 0.3) is 0 Å². The predicted molar refractivity (Wildman–Crippen MR) is 98.5 cm³/mol. The standard InChI is InChI=1S/C19H26N4O/c1-2-21-19(23-14-11-17-8-6-12-20-16-17)22-13-7-15-24-18-9-4-3-5-10-18/h3-6,8-10,12,16H,2,7,11,13-15H2,1H3,(H2,21,22,23). The van der Waals surface area contributed by atoms with Crippen molar-refractivity contribution < 1.29 is 4.74 Å². The molecule has 0 aliphatic rings. The van der Waals surface area contributed by atoms with Crippen molar-refractivity contribution in [2.24, 2.45) is 4.99 Å². The average molecular weight is 326 g/mol. The summed E-state index contributed by atoms with van der Waals surface area (Å²) < 4.78 is 5.67. The third-order valence-electron chi connectivity index (χ3n) is 3.36. The third kappa shape index (κ3) is 7.13. The lowest BCUT2D eigenvalue weighted by Gasteiger charge is -2.11. The van der Waals surface area contributed by atoms with Gasteiger partial charge in [0, 0.05) is 38.4 Å². The molecule has 0 aliphatic heterocycles. The molecule has 24 heavy (non-hydrogen) atoms. The zero-order valence-electron chi connectivity index (χ0n) is 14.2. The molecule has 5 heteroatoms. The van der Waals surface area contributed by atoms with Gasteiger partial charge in [0.05, 0.1) is 6.61 Å². The van der Waals surface area contributed by atoms with E-state index in [1.54, 1.807) is 6.20 Å². The predicted octanol–water partition coefficient (Wildman–Crippen LogP) is 2.65. The second kappa shape index (κ2) is 11.0. The molecule has 1 heterocycles. The minimum atomic E-state index is 0.669. The van der Waals surface area contributed by atoms with Gasteiger partial charge in [-0.05, 0) is 37.1 Å². The molecule has 0 radical (unpaired) electrons. The van der Waals surface area contributed by atoms with Crippen molar-refractivity contribution in [3.63, 3.8) is 0 Å². The molecule has 0 unspecified atom stereocenters. The molecule has 2 N–H and O–H groups in total. The van der Waals surface area contributed by atoms with Gasteiger partial charge in [-0.25, -0.2) is 0 Å². The van der Waals surface area contributed by atoms with E-state index in [-0.39, 0.29) is 0 Å². The van der Waals surface area contributed by atoms with Crippen LogP contribution in [0.3, 0.4) is 0 Å². The van der Waals surface area contributed by atoms with Crippen LogP contribution in [0.1, 0.15) is 18.9 Å². The summed E-state index contributed by atoms with van der Waals surface area (Å²) in [5.41, 5.74) is 1.22. The molecule has 128 valence electrons. The van der Waals surface area contributed by atoms with Crippen molar-refractivity contribution in [1.82, 2.24) is 15.6 Å². The molecule has 0 amide bonds. The molecule has 2 rings (SSSR count). The van der Waals surface area contributed by atoms with Crippen LogP contribution in [0.15, 0.2) is 59.9 Å². The number of nitrogens with zero attached hydrogens (tertiary/aromatic N) is 2. The third-order valence-corrected chi connectivity index (χ3v) is 3.36. The van der Waals surface area contributed by atoms with Gasteiger partial charge < -0.3 is 15.4 Å². The van der Waals surface area contributed by atoms with Crippen molar-refractivity contribution in [2.75, 3.05) is 26.2 Å². The van der Waals surface area contributed by atoms with E-state index in [1.165, 1.54) is 5.56 Å². The fourth-order valence-corrected chi connectivity index (χ4v) is 2.18. The first-order valence-corrected chi connectivity index (χ1v) is 8.47. The number of hydrogen-bond donors (Lipinski definition) is 2. The Morgan fingerprint density at radius 3 is 2.75 bits per heavy atom. The van der Waals surface area contributed by atoms with E-state index in [0.717, 1.165) is 44.2 Å². The molecule has 0 atom stereocenters. The van der Waals surface area contributed by atoms with E-state index in [2.05, 4.69) is 33.6 Å². The normalized spacial score (nSPS) is 11.1. The summed E-state index contributed by atoms with van der Waals surface area (Å²) in [6, 6.07) is 13.9. The van der Waals surface area contributed by atoms with Crippen LogP contribution in [0.25, 0.3) is 0 Å². The smallest absolute Gasteiger partial charge is 0.191 e. The number of hydrogen-bond acceptors (Lipinski definition) is 3. The highest BCUT2D eigenvalue weighted by Crippen LogP contribution is 2.08. The average Bonchev–Trinajstić information content (AvgIpc) is 2.63. The van der Waals surface area contributed by atoms with Crippen molar-refractivity contribution in [3.05, 3.63) is 60.4 Å². The topological polar surface area (TPSA) is 58.5 Å². The quantitative estimate of drug-likeness (QED) is 0.422. The first kappa shape index (κ1) is 17.8. The number of nitrogens with one attached hydrogen (secondary N) is 2. The summed E-state index contributed by atoms with van der Waals surface area (Å²) >= 11 is 0. The molecule has 0 fully saturated rings. The number of para-hydroxylation sites is 1. The van der Waals surface area contributed by atoms with Gasteiger partial charge in [-0.15, -0.1) is 0 Å². The second-order valence-electron chi connectivity index (χ2n) is 5.31. The highest BCUT2D eigenvalue weighted by molar-refractivity contribution is 5.79. The highest BCUT2D eigenvalue weighted by atomic mass is 16.5. The van der Waals surface area contributed by atoms with Gasteiger partial charge in [-0.1, -0.05) is 24.3 Å². The molecule has 0 aliphatic carbocycles. The van der Waals surface area contributed by atoms with Crippen LogP contribution in [0.4, 0.5) is 0 Å². The Morgan fingerprint density at radius 2 is 2.00 bits per heavy atom. The van der Waals surface area contributed by atoms with Crippen LogP contribution in [-0.2, 0) is 6.42 Å². The zero-order valence-corrected chi connectivity index (χ0v) is 14.2. The van der Waals surface area contributed by atoms with E-state index in [0.29, 0.717) is 6.61 Å². The number of benzene rings is 1. The number of rotatable bonds is 9. The zero-order chi connectivity index (χ0) is 16.9. The van der Waals surface area contributed by atoms with Crippen LogP contribution in [0.2, 0.25) is 0 Å². The summed E-state index contributed by atoms with van der Waals surface area (Å²) in [7, 11) is 0. The van der Waals surface area contributed by atoms with Gasteiger partial charge in [-0.2, -0.15) is 0 Å². The summed E-state index contributed by atoms with van der Waals surface area (Å²) in [6.07, 6.45) is 5.50. The van der Waals surface area contributed by atoms with E-state index in [4.69, 9.17) is 4.74 Å². The molecule has 0 saturated carbocycles. The maximum absolute atomic E-state index is 5.67. The van der Waals surface area contributed by atoms with Crippen LogP contribution in [0, 0.1) is 0 Å². The number of ether oxygens (including phenoxy) is 1. The van der Waals surface area contributed by atoms with Crippen molar-refractivity contribution >= 4 is 5.96 Å². The molecular weight excluding hydrogens is 300 g/mol. The SMILES string of the molecule is CCNC(=NCCCOc1ccccc1)NCCc1cccnc1.